The number of non-ortho nitro benzene ring substituents is 1. The van der Waals surface area contributed by atoms with Gasteiger partial charge in [0.05, 0.1) is 42.2 Å². The second-order valence-corrected chi connectivity index (χ2v) is 6.41. The van der Waals surface area contributed by atoms with Gasteiger partial charge in [-0.3, -0.25) is 14.9 Å². The minimum atomic E-state index is -0.516. The Balaban J connectivity index is 1.71. The summed E-state index contributed by atoms with van der Waals surface area (Å²) >= 11 is 0. The first kappa shape index (κ1) is 21.1. The standard InChI is InChI=1S/C20H21N3O7/c1-28-20(25)14-2-7-18(22-8-10-29-11-9-22)17(12-14)21-19(24)13-30-16-5-3-15(4-6-16)23(26)27/h2-7,12H,8-11,13H2,1H3,(H,21,24). The van der Waals surface area contributed by atoms with Crippen LogP contribution in [0.4, 0.5) is 17.1 Å². The van der Waals surface area contributed by atoms with Crippen molar-refractivity contribution in [3.63, 3.8) is 0 Å². The van der Waals surface area contributed by atoms with Gasteiger partial charge in [-0.05, 0) is 30.3 Å². The number of nitro groups is 1. The Labute approximate surface area is 172 Å². The lowest BCUT2D eigenvalue weighted by molar-refractivity contribution is -0.384. The van der Waals surface area contributed by atoms with Crippen LogP contribution in [0.2, 0.25) is 0 Å². The molecule has 0 bridgehead atoms. The van der Waals surface area contributed by atoms with Crippen molar-refractivity contribution < 1.29 is 28.7 Å². The fourth-order valence-electron chi connectivity index (χ4n) is 2.96. The average molecular weight is 415 g/mol. The van der Waals surface area contributed by atoms with Crippen LogP contribution in [0, 0.1) is 10.1 Å². The van der Waals surface area contributed by atoms with Crippen molar-refractivity contribution in [2.24, 2.45) is 0 Å². The Morgan fingerprint density at radius 3 is 2.50 bits per heavy atom. The van der Waals surface area contributed by atoms with E-state index in [0.29, 0.717) is 43.3 Å². The van der Waals surface area contributed by atoms with E-state index in [1.54, 1.807) is 18.2 Å². The SMILES string of the molecule is COC(=O)c1ccc(N2CCOCC2)c(NC(=O)COc2ccc([N+](=O)[O-])cc2)c1. The summed E-state index contributed by atoms with van der Waals surface area (Å²) in [6.07, 6.45) is 0. The van der Waals surface area contributed by atoms with E-state index in [0.717, 1.165) is 5.69 Å². The fourth-order valence-corrected chi connectivity index (χ4v) is 2.96. The van der Waals surface area contributed by atoms with Gasteiger partial charge in [0.15, 0.2) is 6.61 Å². The van der Waals surface area contributed by atoms with Crippen LogP contribution >= 0.6 is 0 Å². The number of hydrogen-bond acceptors (Lipinski definition) is 8. The summed E-state index contributed by atoms with van der Waals surface area (Å²) in [5, 5.41) is 13.5. The topological polar surface area (TPSA) is 120 Å². The van der Waals surface area contributed by atoms with Crippen molar-refractivity contribution in [1.82, 2.24) is 0 Å². The molecule has 1 aliphatic rings. The van der Waals surface area contributed by atoms with Gasteiger partial charge in [0.2, 0.25) is 0 Å². The number of esters is 1. The molecular formula is C20H21N3O7. The Hall–Kier alpha value is -3.66. The first-order valence-electron chi connectivity index (χ1n) is 9.20. The Morgan fingerprint density at radius 2 is 1.87 bits per heavy atom. The second kappa shape index (κ2) is 9.70. The number of amides is 1. The number of nitrogens with zero attached hydrogens (tertiary/aromatic N) is 2. The molecule has 2 aromatic rings. The molecule has 0 aliphatic carbocycles. The number of anilines is 2. The predicted octanol–water partition coefficient (Wildman–Crippen LogP) is 2.24. The molecule has 0 saturated carbocycles. The number of carbonyl (C=O) groups is 2. The molecule has 0 aromatic heterocycles. The molecule has 10 nitrogen and oxygen atoms in total. The van der Waals surface area contributed by atoms with E-state index in [1.165, 1.54) is 31.4 Å². The molecule has 1 amide bonds. The normalized spacial score (nSPS) is 13.4. The molecule has 10 heteroatoms. The fraction of sp³-hybridized carbons (Fsp3) is 0.300. The van der Waals surface area contributed by atoms with Crippen LogP contribution in [0.15, 0.2) is 42.5 Å². The minimum absolute atomic E-state index is 0.0680. The van der Waals surface area contributed by atoms with Gasteiger partial charge >= 0.3 is 5.97 Å². The molecule has 0 unspecified atom stereocenters. The van der Waals surface area contributed by atoms with Crippen molar-refractivity contribution in [1.29, 1.82) is 0 Å². The zero-order valence-electron chi connectivity index (χ0n) is 16.3. The highest BCUT2D eigenvalue weighted by Crippen LogP contribution is 2.28. The van der Waals surface area contributed by atoms with Gasteiger partial charge in [-0.25, -0.2) is 4.79 Å². The van der Waals surface area contributed by atoms with Gasteiger partial charge in [-0.15, -0.1) is 0 Å². The smallest absolute Gasteiger partial charge is 0.337 e. The summed E-state index contributed by atoms with van der Waals surface area (Å²) in [5.41, 5.74) is 1.45. The van der Waals surface area contributed by atoms with Crippen LogP contribution in [0.1, 0.15) is 10.4 Å². The molecule has 2 aromatic carbocycles. The summed E-state index contributed by atoms with van der Waals surface area (Å²) in [5.74, 6) is -0.626. The molecule has 0 spiro atoms. The van der Waals surface area contributed by atoms with Gasteiger partial charge < -0.3 is 24.4 Å². The monoisotopic (exact) mass is 415 g/mol. The summed E-state index contributed by atoms with van der Waals surface area (Å²) in [4.78, 5) is 36.6. The maximum atomic E-state index is 12.4. The van der Waals surface area contributed by atoms with Crippen LogP contribution in [-0.2, 0) is 14.3 Å². The third kappa shape index (κ3) is 5.23. The Bertz CT molecular complexity index is 924. The zero-order chi connectivity index (χ0) is 21.5. The van der Waals surface area contributed by atoms with Gasteiger partial charge in [0.1, 0.15) is 5.75 Å². The largest absolute Gasteiger partial charge is 0.484 e. The van der Waals surface area contributed by atoms with Crippen LogP contribution < -0.4 is 15.0 Å². The third-order valence-electron chi connectivity index (χ3n) is 4.46. The lowest BCUT2D eigenvalue weighted by atomic mass is 10.1. The number of rotatable bonds is 7. The predicted molar refractivity (Wildman–Crippen MR) is 108 cm³/mol. The van der Waals surface area contributed by atoms with Crippen LogP contribution in [0.3, 0.4) is 0 Å². The summed E-state index contributed by atoms with van der Waals surface area (Å²) < 4.78 is 15.5. The third-order valence-corrected chi connectivity index (χ3v) is 4.46. The zero-order valence-corrected chi connectivity index (χ0v) is 16.3. The lowest BCUT2D eigenvalue weighted by Gasteiger charge is -2.30. The molecule has 30 heavy (non-hydrogen) atoms. The van der Waals surface area contributed by atoms with Crippen molar-refractivity contribution >= 4 is 28.9 Å². The number of morpholine rings is 1. The highest BCUT2D eigenvalue weighted by Gasteiger charge is 2.19. The number of ether oxygens (including phenoxy) is 3. The molecule has 1 N–H and O–H groups in total. The summed E-state index contributed by atoms with van der Waals surface area (Å²) in [7, 11) is 1.29. The lowest BCUT2D eigenvalue weighted by Crippen LogP contribution is -2.37. The van der Waals surface area contributed by atoms with Gasteiger partial charge in [-0.2, -0.15) is 0 Å². The maximum Gasteiger partial charge on any atom is 0.337 e. The van der Waals surface area contributed by atoms with Crippen molar-refractivity contribution in [3.8, 4) is 5.75 Å². The quantitative estimate of drug-likeness (QED) is 0.415. The number of carbonyl (C=O) groups excluding carboxylic acids is 2. The Morgan fingerprint density at radius 1 is 1.17 bits per heavy atom. The highest BCUT2D eigenvalue weighted by atomic mass is 16.6. The number of nitrogens with one attached hydrogen (secondary N) is 1. The van der Waals surface area contributed by atoms with E-state index in [-0.39, 0.29) is 12.3 Å². The molecule has 0 atom stereocenters. The second-order valence-electron chi connectivity index (χ2n) is 6.41. The van der Waals surface area contributed by atoms with Crippen molar-refractivity contribution in [2.45, 2.75) is 0 Å². The van der Waals surface area contributed by atoms with Gasteiger partial charge in [0, 0.05) is 25.2 Å². The van der Waals surface area contributed by atoms with Crippen LogP contribution in [0.25, 0.3) is 0 Å². The van der Waals surface area contributed by atoms with E-state index in [9.17, 15) is 19.7 Å². The molecule has 1 saturated heterocycles. The molecule has 1 heterocycles. The summed E-state index contributed by atoms with van der Waals surface area (Å²) in [6.45, 7) is 2.13. The summed E-state index contributed by atoms with van der Waals surface area (Å²) in [6, 6.07) is 10.4. The number of hydrogen-bond donors (Lipinski definition) is 1. The minimum Gasteiger partial charge on any atom is -0.484 e. The van der Waals surface area contributed by atoms with E-state index in [2.05, 4.69) is 10.2 Å². The maximum absolute atomic E-state index is 12.4. The molecular weight excluding hydrogens is 394 g/mol. The Kier molecular flexibility index (Phi) is 6.81. The number of benzene rings is 2. The highest BCUT2D eigenvalue weighted by molar-refractivity contribution is 5.98. The first-order chi connectivity index (χ1) is 14.5. The molecule has 1 aliphatic heterocycles. The van der Waals surface area contributed by atoms with E-state index >= 15 is 0 Å². The van der Waals surface area contributed by atoms with Crippen LogP contribution in [-0.4, -0.2) is 56.8 Å². The number of nitro benzene ring substituents is 1. The van der Waals surface area contributed by atoms with Gasteiger partial charge in [0.25, 0.3) is 11.6 Å². The molecule has 3 rings (SSSR count). The molecule has 158 valence electrons. The van der Waals surface area contributed by atoms with Gasteiger partial charge in [-0.1, -0.05) is 0 Å². The van der Waals surface area contributed by atoms with Crippen molar-refractivity contribution in [3.05, 3.63) is 58.1 Å². The van der Waals surface area contributed by atoms with E-state index in [4.69, 9.17) is 14.2 Å². The number of methoxy groups -OCH3 is 1. The average Bonchev–Trinajstić information content (AvgIpc) is 2.78. The van der Waals surface area contributed by atoms with Crippen LogP contribution in [0.5, 0.6) is 5.75 Å². The first-order valence-corrected chi connectivity index (χ1v) is 9.20. The van der Waals surface area contributed by atoms with E-state index < -0.39 is 16.8 Å². The van der Waals surface area contributed by atoms with E-state index in [1.807, 2.05) is 0 Å². The van der Waals surface area contributed by atoms with Crippen molar-refractivity contribution in [2.75, 3.05) is 50.2 Å². The molecule has 0 radical (unpaired) electrons. The molecule has 1 fully saturated rings.